The minimum absolute atomic E-state index is 0.0937. The molecule has 1 atom stereocenters. The van der Waals surface area contributed by atoms with Crippen LogP contribution in [0.15, 0.2) is 39.8 Å². The van der Waals surface area contributed by atoms with Gasteiger partial charge in [0.2, 0.25) is 11.8 Å². The van der Waals surface area contributed by atoms with Gasteiger partial charge in [-0.3, -0.25) is 4.79 Å². The van der Waals surface area contributed by atoms with E-state index in [1.54, 1.807) is 18.2 Å². The van der Waals surface area contributed by atoms with E-state index in [1.807, 2.05) is 13.8 Å². The van der Waals surface area contributed by atoms with E-state index < -0.39 is 9.84 Å². The van der Waals surface area contributed by atoms with Gasteiger partial charge in [0, 0.05) is 18.9 Å². The molecular weight excluding hydrogens is 330 g/mol. The lowest BCUT2D eigenvalue weighted by Gasteiger charge is -2.10. The first-order valence-electron chi connectivity index (χ1n) is 7.79. The van der Waals surface area contributed by atoms with Gasteiger partial charge in [-0.25, -0.2) is 8.42 Å². The number of hydrogen-bond acceptors (Lipinski definition) is 6. The van der Waals surface area contributed by atoms with Gasteiger partial charge in [0.15, 0.2) is 15.7 Å². The van der Waals surface area contributed by atoms with E-state index >= 15 is 0 Å². The van der Waals surface area contributed by atoms with Crippen LogP contribution in [-0.2, 0) is 26.8 Å². The van der Waals surface area contributed by atoms with Crippen molar-refractivity contribution < 1.29 is 17.7 Å². The topological polar surface area (TPSA) is 102 Å². The maximum atomic E-state index is 12.2. The van der Waals surface area contributed by atoms with Crippen LogP contribution in [0.1, 0.15) is 38.4 Å². The van der Waals surface area contributed by atoms with E-state index in [2.05, 4.69) is 15.5 Å². The van der Waals surface area contributed by atoms with Crippen molar-refractivity contribution in [3.63, 3.8) is 0 Å². The summed E-state index contributed by atoms with van der Waals surface area (Å²) in [5.41, 5.74) is 0. The van der Waals surface area contributed by atoms with Crippen molar-refractivity contribution in [1.29, 1.82) is 0 Å². The summed E-state index contributed by atoms with van der Waals surface area (Å²) in [5, 5.41) is 6.53. The van der Waals surface area contributed by atoms with Crippen molar-refractivity contribution in [2.45, 2.75) is 49.8 Å². The molecule has 0 spiro atoms. The molecule has 8 heteroatoms. The molecular formula is C16H21N3O4S. The summed E-state index contributed by atoms with van der Waals surface area (Å²) in [6.45, 7) is 3.92. The fourth-order valence-electron chi connectivity index (χ4n) is 2.00. The number of carbonyl (C=O) groups is 1. The number of amides is 1. The Morgan fingerprint density at radius 1 is 1.29 bits per heavy atom. The molecule has 0 radical (unpaired) electrons. The molecule has 0 saturated heterocycles. The van der Waals surface area contributed by atoms with Crippen LogP contribution in [0.4, 0.5) is 0 Å². The van der Waals surface area contributed by atoms with Crippen LogP contribution < -0.4 is 5.32 Å². The first-order chi connectivity index (χ1) is 11.4. The number of sulfone groups is 1. The molecule has 2 rings (SSSR count). The first kappa shape index (κ1) is 18.1. The Kier molecular flexibility index (Phi) is 6.08. The zero-order valence-electron chi connectivity index (χ0n) is 13.7. The molecule has 1 unspecified atom stereocenters. The summed E-state index contributed by atoms with van der Waals surface area (Å²) in [4.78, 5) is 16.0. The van der Waals surface area contributed by atoms with Crippen molar-refractivity contribution in [2.24, 2.45) is 0 Å². The average molecular weight is 351 g/mol. The maximum absolute atomic E-state index is 12.2. The van der Waals surface area contributed by atoms with Gasteiger partial charge in [0.05, 0.1) is 4.90 Å². The van der Waals surface area contributed by atoms with Gasteiger partial charge in [-0.2, -0.15) is 4.98 Å². The fourth-order valence-corrected chi connectivity index (χ4v) is 3.20. The first-order valence-corrected chi connectivity index (χ1v) is 9.44. The number of aromatic nitrogens is 2. The number of nitrogens with zero attached hydrogens (tertiary/aromatic N) is 2. The highest BCUT2D eigenvalue weighted by molar-refractivity contribution is 7.90. The van der Waals surface area contributed by atoms with Crippen molar-refractivity contribution in [2.75, 3.05) is 0 Å². The number of aryl methyl sites for hydroxylation is 1. The molecule has 1 aromatic carbocycles. The van der Waals surface area contributed by atoms with Crippen LogP contribution in [-0.4, -0.2) is 30.5 Å². The van der Waals surface area contributed by atoms with Crippen LogP contribution in [0.25, 0.3) is 0 Å². The lowest BCUT2D eigenvalue weighted by atomic mass is 10.2. The average Bonchev–Trinajstić information content (AvgIpc) is 3.00. The SMILES string of the molecule is CCC(C)NC(=O)CCc1nc(CS(=O)(=O)c2ccccc2)no1. The van der Waals surface area contributed by atoms with E-state index in [0.29, 0.717) is 0 Å². The fraction of sp³-hybridized carbons (Fsp3) is 0.438. The Labute approximate surface area is 141 Å². The third-order valence-electron chi connectivity index (χ3n) is 3.52. The highest BCUT2D eigenvalue weighted by atomic mass is 32.2. The lowest BCUT2D eigenvalue weighted by Crippen LogP contribution is -2.32. The minimum atomic E-state index is -3.51. The molecule has 7 nitrogen and oxygen atoms in total. The monoisotopic (exact) mass is 351 g/mol. The lowest BCUT2D eigenvalue weighted by molar-refractivity contribution is -0.121. The van der Waals surface area contributed by atoms with Gasteiger partial charge in [-0.15, -0.1) is 0 Å². The third kappa shape index (κ3) is 5.16. The summed E-state index contributed by atoms with van der Waals surface area (Å²) in [6, 6.07) is 8.22. The molecule has 0 bridgehead atoms. The quantitative estimate of drug-likeness (QED) is 0.779. The van der Waals surface area contributed by atoms with Gasteiger partial charge in [-0.05, 0) is 25.5 Å². The van der Waals surface area contributed by atoms with Gasteiger partial charge in [0.25, 0.3) is 0 Å². The van der Waals surface area contributed by atoms with Gasteiger partial charge < -0.3 is 9.84 Å². The molecule has 0 aliphatic rings. The molecule has 1 aromatic heterocycles. The molecule has 1 heterocycles. The number of benzene rings is 1. The van der Waals surface area contributed by atoms with Crippen molar-refractivity contribution in [3.05, 3.63) is 42.0 Å². The minimum Gasteiger partial charge on any atom is -0.354 e. The van der Waals surface area contributed by atoms with Crippen LogP contribution >= 0.6 is 0 Å². The second-order valence-electron chi connectivity index (χ2n) is 5.55. The third-order valence-corrected chi connectivity index (χ3v) is 5.15. The standard InChI is InChI=1S/C16H21N3O4S/c1-3-12(2)17-15(20)9-10-16-18-14(19-23-16)11-24(21,22)13-7-5-4-6-8-13/h4-8,12H,3,9-11H2,1-2H3,(H,17,20). The Hall–Kier alpha value is -2.22. The van der Waals surface area contributed by atoms with E-state index in [9.17, 15) is 13.2 Å². The van der Waals surface area contributed by atoms with Gasteiger partial charge in [-0.1, -0.05) is 30.3 Å². The van der Waals surface area contributed by atoms with Crippen LogP contribution in [0, 0.1) is 0 Å². The Morgan fingerprint density at radius 2 is 2.00 bits per heavy atom. The molecule has 1 N–H and O–H groups in total. The van der Waals surface area contributed by atoms with E-state index in [1.165, 1.54) is 12.1 Å². The molecule has 130 valence electrons. The zero-order valence-corrected chi connectivity index (χ0v) is 14.5. The van der Waals surface area contributed by atoms with Crippen LogP contribution in [0.5, 0.6) is 0 Å². The predicted octanol–water partition coefficient (Wildman–Crippen LogP) is 1.89. The molecule has 0 aliphatic heterocycles. The highest BCUT2D eigenvalue weighted by Gasteiger charge is 2.19. The van der Waals surface area contributed by atoms with Crippen molar-refractivity contribution in [3.8, 4) is 0 Å². The summed E-state index contributed by atoms with van der Waals surface area (Å²) < 4.78 is 29.5. The van der Waals surface area contributed by atoms with E-state index in [-0.39, 0.29) is 47.2 Å². The molecule has 0 aliphatic carbocycles. The number of rotatable bonds is 8. The van der Waals surface area contributed by atoms with Crippen molar-refractivity contribution in [1.82, 2.24) is 15.5 Å². The number of nitrogens with one attached hydrogen (secondary N) is 1. The highest BCUT2D eigenvalue weighted by Crippen LogP contribution is 2.14. The van der Waals surface area contributed by atoms with Crippen LogP contribution in [0.2, 0.25) is 0 Å². The summed E-state index contributed by atoms with van der Waals surface area (Å²) in [5.74, 6) is -0.0793. The second-order valence-corrected chi connectivity index (χ2v) is 7.54. The Morgan fingerprint density at radius 3 is 2.67 bits per heavy atom. The Bertz CT molecular complexity index is 772. The second kappa shape index (κ2) is 8.05. The normalized spacial score (nSPS) is 12.8. The van der Waals surface area contributed by atoms with Crippen LogP contribution in [0.3, 0.4) is 0 Å². The maximum Gasteiger partial charge on any atom is 0.227 e. The molecule has 2 aromatic rings. The molecule has 0 saturated carbocycles. The summed E-state index contributed by atoms with van der Waals surface area (Å²) in [7, 11) is -3.51. The Balaban J connectivity index is 1.93. The molecule has 0 fully saturated rings. The van der Waals surface area contributed by atoms with E-state index in [4.69, 9.17) is 4.52 Å². The predicted molar refractivity (Wildman–Crippen MR) is 87.8 cm³/mol. The smallest absolute Gasteiger partial charge is 0.227 e. The summed E-state index contributed by atoms with van der Waals surface area (Å²) in [6.07, 6.45) is 1.35. The molecule has 1 amide bonds. The van der Waals surface area contributed by atoms with Gasteiger partial charge >= 0.3 is 0 Å². The van der Waals surface area contributed by atoms with Crippen molar-refractivity contribution >= 4 is 15.7 Å². The summed E-state index contributed by atoms with van der Waals surface area (Å²) >= 11 is 0. The molecule has 24 heavy (non-hydrogen) atoms. The van der Waals surface area contributed by atoms with Gasteiger partial charge in [0.1, 0.15) is 5.75 Å². The van der Waals surface area contributed by atoms with E-state index in [0.717, 1.165) is 6.42 Å². The largest absolute Gasteiger partial charge is 0.354 e. The zero-order chi connectivity index (χ0) is 17.6. The number of hydrogen-bond donors (Lipinski definition) is 1. The number of carbonyl (C=O) groups excluding carboxylic acids is 1.